The maximum absolute atomic E-state index is 12.9. The van der Waals surface area contributed by atoms with E-state index in [2.05, 4.69) is 5.32 Å². The van der Waals surface area contributed by atoms with Crippen LogP contribution in [0.3, 0.4) is 0 Å². The van der Waals surface area contributed by atoms with Gasteiger partial charge in [-0.2, -0.15) is 0 Å². The fourth-order valence-corrected chi connectivity index (χ4v) is 3.22. The lowest BCUT2D eigenvalue weighted by Crippen LogP contribution is -2.32. The summed E-state index contributed by atoms with van der Waals surface area (Å²) in [7, 11) is 0. The second-order valence-corrected chi connectivity index (χ2v) is 7.00. The fourth-order valence-electron chi connectivity index (χ4n) is 3.05. The van der Waals surface area contributed by atoms with Crippen molar-refractivity contribution < 1.29 is 14.3 Å². The number of likely N-dealkylation sites (N-methyl/N-ethyl adjacent to an activating group) is 1. The summed E-state index contributed by atoms with van der Waals surface area (Å²) in [6.07, 6.45) is 0.915. The molecule has 5 nitrogen and oxygen atoms in total. The molecule has 1 heterocycles. The van der Waals surface area contributed by atoms with E-state index in [4.69, 9.17) is 16.3 Å². The van der Waals surface area contributed by atoms with Crippen LogP contribution in [0.2, 0.25) is 5.02 Å². The summed E-state index contributed by atoms with van der Waals surface area (Å²) in [5, 5.41) is 3.70. The highest BCUT2D eigenvalue weighted by Gasteiger charge is 2.38. The minimum absolute atomic E-state index is 0.263. The van der Waals surface area contributed by atoms with Gasteiger partial charge >= 0.3 is 0 Å². The lowest BCUT2D eigenvalue weighted by molar-refractivity contribution is -0.136. The van der Waals surface area contributed by atoms with E-state index in [0.717, 1.165) is 17.7 Å². The molecule has 6 heteroatoms. The van der Waals surface area contributed by atoms with Crippen molar-refractivity contribution in [3.05, 3.63) is 64.3 Å². The smallest absolute Gasteiger partial charge is 0.278 e. The third-order valence-corrected chi connectivity index (χ3v) is 4.79. The minimum Gasteiger partial charge on any atom is -0.494 e. The average molecular weight is 399 g/mol. The van der Waals surface area contributed by atoms with Gasteiger partial charge in [0.25, 0.3) is 11.8 Å². The Kier molecular flexibility index (Phi) is 6.05. The molecule has 0 saturated carbocycles. The van der Waals surface area contributed by atoms with Gasteiger partial charge in [-0.3, -0.25) is 14.5 Å². The Balaban J connectivity index is 2.02. The molecule has 0 saturated heterocycles. The molecule has 1 aliphatic rings. The van der Waals surface area contributed by atoms with E-state index in [1.807, 2.05) is 32.0 Å². The van der Waals surface area contributed by atoms with Gasteiger partial charge < -0.3 is 10.1 Å². The molecule has 0 spiro atoms. The van der Waals surface area contributed by atoms with Gasteiger partial charge in [0, 0.05) is 17.3 Å². The number of benzene rings is 2. The molecule has 0 bridgehead atoms. The van der Waals surface area contributed by atoms with Gasteiger partial charge in [0.2, 0.25) is 0 Å². The van der Waals surface area contributed by atoms with Crippen LogP contribution in [0.25, 0.3) is 5.57 Å². The molecule has 28 heavy (non-hydrogen) atoms. The number of nitrogens with one attached hydrogen (secondary N) is 1. The molecule has 0 aromatic heterocycles. The highest BCUT2D eigenvalue weighted by Crippen LogP contribution is 2.32. The summed E-state index contributed by atoms with van der Waals surface area (Å²) in [5.41, 5.74) is 2.91. The van der Waals surface area contributed by atoms with Crippen molar-refractivity contribution >= 4 is 34.7 Å². The first-order valence-corrected chi connectivity index (χ1v) is 9.71. The zero-order valence-electron chi connectivity index (χ0n) is 16.2. The van der Waals surface area contributed by atoms with Crippen LogP contribution in [0, 0.1) is 6.92 Å². The number of amides is 2. The Morgan fingerprint density at radius 2 is 1.75 bits per heavy atom. The SMILES string of the molecule is CCCOc1ccc(C2=C(Nc3cc(Cl)ccc3C)C(=O)N(CC)C2=O)cc1. The Morgan fingerprint density at radius 1 is 1.04 bits per heavy atom. The number of ether oxygens (including phenoxy) is 1. The van der Waals surface area contributed by atoms with Gasteiger partial charge in [-0.05, 0) is 55.7 Å². The Morgan fingerprint density at radius 3 is 2.39 bits per heavy atom. The predicted octanol–water partition coefficient (Wildman–Crippen LogP) is 4.65. The molecule has 0 radical (unpaired) electrons. The Labute approximate surface area is 169 Å². The largest absolute Gasteiger partial charge is 0.494 e. The van der Waals surface area contributed by atoms with Crippen LogP contribution in [-0.2, 0) is 9.59 Å². The van der Waals surface area contributed by atoms with Gasteiger partial charge in [-0.25, -0.2) is 0 Å². The van der Waals surface area contributed by atoms with Crippen molar-refractivity contribution in [1.82, 2.24) is 4.90 Å². The number of imide groups is 1. The predicted molar refractivity (Wildman–Crippen MR) is 111 cm³/mol. The molecule has 0 atom stereocenters. The summed E-state index contributed by atoms with van der Waals surface area (Å²) >= 11 is 6.10. The van der Waals surface area contributed by atoms with Gasteiger partial charge in [-0.15, -0.1) is 0 Å². The van der Waals surface area contributed by atoms with Gasteiger partial charge in [0.15, 0.2) is 0 Å². The van der Waals surface area contributed by atoms with Crippen LogP contribution in [0.1, 0.15) is 31.4 Å². The lowest BCUT2D eigenvalue weighted by atomic mass is 10.0. The van der Waals surface area contributed by atoms with E-state index in [9.17, 15) is 9.59 Å². The molecule has 146 valence electrons. The first-order valence-electron chi connectivity index (χ1n) is 9.33. The van der Waals surface area contributed by atoms with Crippen molar-refractivity contribution in [3.63, 3.8) is 0 Å². The Bertz CT molecular complexity index is 935. The van der Waals surface area contributed by atoms with Crippen LogP contribution >= 0.6 is 11.6 Å². The maximum atomic E-state index is 12.9. The van der Waals surface area contributed by atoms with Gasteiger partial charge in [0.05, 0.1) is 12.2 Å². The number of rotatable bonds is 7. The van der Waals surface area contributed by atoms with E-state index in [-0.39, 0.29) is 17.5 Å². The highest BCUT2D eigenvalue weighted by atomic mass is 35.5. The number of hydrogen-bond acceptors (Lipinski definition) is 4. The quantitative estimate of drug-likeness (QED) is 0.690. The molecule has 1 aliphatic heterocycles. The maximum Gasteiger partial charge on any atom is 0.278 e. The van der Waals surface area contributed by atoms with Crippen molar-refractivity contribution in [2.24, 2.45) is 0 Å². The third kappa shape index (κ3) is 3.90. The number of carbonyl (C=O) groups excluding carboxylic acids is 2. The van der Waals surface area contributed by atoms with Crippen LogP contribution in [0.5, 0.6) is 5.75 Å². The first-order chi connectivity index (χ1) is 13.5. The van der Waals surface area contributed by atoms with Crippen molar-refractivity contribution in [2.75, 3.05) is 18.5 Å². The van der Waals surface area contributed by atoms with E-state index in [1.165, 1.54) is 4.90 Å². The van der Waals surface area contributed by atoms with Crippen LogP contribution in [0.15, 0.2) is 48.2 Å². The second-order valence-electron chi connectivity index (χ2n) is 6.56. The van der Waals surface area contributed by atoms with Gasteiger partial charge in [-0.1, -0.05) is 36.7 Å². The summed E-state index contributed by atoms with van der Waals surface area (Å²) in [5.74, 6) is 0.0839. The molecule has 0 aliphatic carbocycles. The standard InChI is InChI=1S/C22H23ClN2O3/c1-4-12-28-17-10-7-15(8-11-17)19-20(22(27)25(5-2)21(19)26)24-18-13-16(23)9-6-14(18)3/h6-11,13,24H,4-5,12H2,1-3H3. The van der Waals surface area contributed by atoms with E-state index < -0.39 is 0 Å². The van der Waals surface area contributed by atoms with Crippen molar-refractivity contribution in [2.45, 2.75) is 27.2 Å². The van der Waals surface area contributed by atoms with Crippen molar-refractivity contribution in [3.8, 4) is 5.75 Å². The number of hydrogen-bond donors (Lipinski definition) is 1. The fraction of sp³-hybridized carbons (Fsp3) is 0.273. The normalized spacial score (nSPS) is 14.1. The first kappa shape index (κ1) is 20.0. The highest BCUT2D eigenvalue weighted by molar-refractivity contribution is 6.36. The molecule has 2 aromatic carbocycles. The molecule has 1 N–H and O–H groups in total. The zero-order chi connectivity index (χ0) is 20.3. The lowest BCUT2D eigenvalue weighted by Gasteiger charge is -2.13. The summed E-state index contributed by atoms with van der Waals surface area (Å²) in [4.78, 5) is 27.0. The topological polar surface area (TPSA) is 58.6 Å². The van der Waals surface area contributed by atoms with E-state index in [0.29, 0.717) is 35.0 Å². The summed E-state index contributed by atoms with van der Waals surface area (Å²) in [6, 6.07) is 12.6. The molecular weight excluding hydrogens is 376 g/mol. The van der Waals surface area contributed by atoms with Crippen LogP contribution in [-0.4, -0.2) is 29.9 Å². The number of aryl methyl sites for hydroxylation is 1. The Hall–Kier alpha value is -2.79. The zero-order valence-corrected chi connectivity index (χ0v) is 17.0. The minimum atomic E-state index is -0.340. The molecule has 3 rings (SSSR count). The third-order valence-electron chi connectivity index (χ3n) is 4.56. The van der Waals surface area contributed by atoms with E-state index >= 15 is 0 Å². The van der Waals surface area contributed by atoms with E-state index in [1.54, 1.807) is 31.2 Å². The monoisotopic (exact) mass is 398 g/mol. The second kappa shape index (κ2) is 8.48. The average Bonchev–Trinajstić information content (AvgIpc) is 2.92. The summed E-state index contributed by atoms with van der Waals surface area (Å²) < 4.78 is 5.61. The number of nitrogens with zero attached hydrogens (tertiary/aromatic N) is 1. The molecule has 2 amide bonds. The molecule has 0 fully saturated rings. The number of carbonyl (C=O) groups is 2. The van der Waals surface area contributed by atoms with Crippen LogP contribution < -0.4 is 10.1 Å². The van der Waals surface area contributed by atoms with Gasteiger partial charge in [0.1, 0.15) is 11.4 Å². The molecular formula is C22H23ClN2O3. The van der Waals surface area contributed by atoms with Crippen LogP contribution in [0.4, 0.5) is 5.69 Å². The number of anilines is 1. The molecule has 2 aromatic rings. The number of halogens is 1. The van der Waals surface area contributed by atoms with Crippen molar-refractivity contribution in [1.29, 1.82) is 0 Å². The summed E-state index contributed by atoms with van der Waals surface area (Å²) in [6.45, 7) is 6.67. The molecule has 0 unspecified atom stereocenters.